The Hall–Kier alpha value is -0.460. The number of nitrogens with one attached hydrogen (secondary N) is 2. The summed E-state index contributed by atoms with van der Waals surface area (Å²) < 4.78 is 1.89. The van der Waals surface area contributed by atoms with E-state index in [-0.39, 0.29) is 5.91 Å². The summed E-state index contributed by atoms with van der Waals surface area (Å²) >= 11 is 6.77. The van der Waals surface area contributed by atoms with Gasteiger partial charge in [0.1, 0.15) is 0 Å². The summed E-state index contributed by atoms with van der Waals surface area (Å²) in [6, 6.07) is 1.95. The van der Waals surface area contributed by atoms with Gasteiger partial charge >= 0.3 is 0 Å². The lowest BCUT2D eigenvalue weighted by Crippen LogP contribution is -2.24. The van der Waals surface area contributed by atoms with Crippen LogP contribution in [0.4, 0.5) is 0 Å². The largest absolute Gasteiger partial charge is 0.359 e. The zero-order chi connectivity index (χ0) is 12.0. The number of rotatable bonds is 5. The number of hydrogen-bond acceptors (Lipinski definition) is 3. The van der Waals surface area contributed by atoms with E-state index in [0.717, 1.165) is 14.6 Å². The maximum atomic E-state index is 11.0. The lowest BCUT2D eigenvalue weighted by molar-refractivity contribution is -0.120. The Morgan fingerprint density at radius 1 is 1.50 bits per heavy atom. The molecule has 4 nitrogen and oxygen atoms in total. The number of aromatic nitrogens is 1. The van der Waals surface area contributed by atoms with Gasteiger partial charge in [-0.1, -0.05) is 0 Å². The van der Waals surface area contributed by atoms with Gasteiger partial charge in [0, 0.05) is 41.7 Å². The molecule has 88 valence electrons. The summed E-state index contributed by atoms with van der Waals surface area (Å²) in [5.74, 6) is 0.0373. The fraction of sp³-hybridized carbons (Fsp3) is 0.400. The van der Waals surface area contributed by atoms with Crippen molar-refractivity contribution in [3.63, 3.8) is 0 Å². The van der Waals surface area contributed by atoms with Crippen molar-refractivity contribution in [3.05, 3.63) is 26.9 Å². The molecule has 1 aromatic rings. The van der Waals surface area contributed by atoms with Crippen LogP contribution in [0.3, 0.4) is 0 Å². The average molecular weight is 351 g/mol. The predicted octanol–water partition coefficient (Wildman–Crippen LogP) is 1.83. The molecule has 0 unspecified atom stereocenters. The number of carbonyl (C=O) groups excluding carboxylic acids is 1. The normalized spacial score (nSPS) is 10.2. The first-order chi connectivity index (χ1) is 7.63. The van der Waals surface area contributed by atoms with Gasteiger partial charge in [0.2, 0.25) is 5.91 Å². The number of halogens is 2. The summed E-state index contributed by atoms with van der Waals surface area (Å²) in [5, 5.41) is 5.73. The van der Waals surface area contributed by atoms with Crippen molar-refractivity contribution < 1.29 is 4.79 Å². The standard InChI is InChI=1S/C10H13Br2N3O/c1-13-10(16)2-3-14-6-9-8(12)4-7(11)5-15-9/h4-5,14H,2-3,6H2,1H3,(H,13,16). The first-order valence-corrected chi connectivity index (χ1v) is 6.43. The summed E-state index contributed by atoms with van der Waals surface area (Å²) in [6.45, 7) is 1.29. The van der Waals surface area contributed by atoms with Gasteiger partial charge in [-0.3, -0.25) is 9.78 Å². The number of amides is 1. The van der Waals surface area contributed by atoms with E-state index >= 15 is 0 Å². The van der Waals surface area contributed by atoms with Crippen LogP contribution in [0.2, 0.25) is 0 Å². The molecular weight excluding hydrogens is 338 g/mol. The van der Waals surface area contributed by atoms with Crippen molar-refractivity contribution >= 4 is 37.8 Å². The van der Waals surface area contributed by atoms with E-state index in [9.17, 15) is 4.79 Å². The van der Waals surface area contributed by atoms with Crippen molar-refractivity contribution in [2.45, 2.75) is 13.0 Å². The van der Waals surface area contributed by atoms with Crippen LogP contribution in [-0.4, -0.2) is 24.5 Å². The smallest absolute Gasteiger partial charge is 0.221 e. The van der Waals surface area contributed by atoms with Crippen LogP contribution in [0, 0.1) is 0 Å². The molecule has 0 aliphatic carbocycles. The topological polar surface area (TPSA) is 54.0 Å². The molecule has 1 aromatic heterocycles. The van der Waals surface area contributed by atoms with E-state index in [1.807, 2.05) is 6.07 Å². The number of nitrogens with zero attached hydrogens (tertiary/aromatic N) is 1. The molecule has 16 heavy (non-hydrogen) atoms. The molecule has 0 aliphatic rings. The quantitative estimate of drug-likeness (QED) is 0.796. The second-order valence-corrected chi connectivity index (χ2v) is 4.95. The molecule has 0 saturated carbocycles. The zero-order valence-corrected chi connectivity index (χ0v) is 12.1. The Balaban J connectivity index is 2.35. The van der Waals surface area contributed by atoms with Crippen LogP contribution >= 0.6 is 31.9 Å². The molecule has 0 aromatic carbocycles. The summed E-state index contributed by atoms with van der Waals surface area (Å²) in [4.78, 5) is 15.2. The maximum absolute atomic E-state index is 11.0. The molecule has 1 heterocycles. The first-order valence-electron chi connectivity index (χ1n) is 4.84. The third kappa shape index (κ3) is 4.59. The molecule has 1 rings (SSSR count). The van der Waals surface area contributed by atoms with Crippen molar-refractivity contribution in [2.24, 2.45) is 0 Å². The minimum atomic E-state index is 0.0373. The predicted molar refractivity (Wildman–Crippen MR) is 70.0 cm³/mol. The van der Waals surface area contributed by atoms with Crippen LogP contribution in [0.5, 0.6) is 0 Å². The van der Waals surface area contributed by atoms with E-state index in [1.54, 1.807) is 13.2 Å². The van der Waals surface area contributed by atoms with Crippen molar-refractivity contribution in [1.29, 1.82) is 0 Å². The molecule has 0 saturated heterocycles. The van der Waals surface area contributed by atoms with Gasteiger partial charge in [0.15, 0.2) is 0 Å². The minimum absolute atomic E-state index is 0.0373. The molecule has 0 radical (unpaired) electrons. The number of pyridine rings is 1. The highest BCUT2D eigenvalue weighted by Crippen LogP contribution is 2.19. The van der Waals surface area contributed by atoms with E-state index < -0.39 is 0 Å². The minimum Gasteiger partial charge on any atom is -0.359 e. The van der Waals surface area contributed by atoms with Gasteiger partial charge in [-0.05, 0) is 37.9 Å². The van der Waals surface area contributed by atoms with Gasteiger partial charge < -0.3 is 10.6 Å². The highest BCUT2D eigenvalue weighted by atomic mass is 79.9. The zero-order valence-electron chi connectivity index (χ0n) is 8.89. The molecule has 1 amide bonds. The molecule has 6 heteroatoms. The summed E-state index contributed by atoms with van der Waals surface area (Å²) in [6.07, 6.45) is 2.23. The Morgan fingerprint density at radius 3 is 2.88 bits per heavy atom. The monoisotopic (exact) mass is 349 g/mol. The second-order valence-electron chi connectivity index (χ2n) is 3.18. The van der Waals surface area contributed by atoms with Crippen LogP contribution in [0.1, 0.15) is 12.1 Å². The Bertz CT molecular complexity index is 371. The second kappa shape index (κ2) is 6.98. The molecule has 2 N–H and O–H groups in total. The third-order valence-corrected chi connectivity index (χ3v) is 3.10. The fourth-order valence-electron chi connectivity index (χ4n) is 1.11. The van der Waals surface area contributed by atoms with Crippen LogP contribution < -0.4 is 10.6 Å². The Kier molecular flexibility index (Phi) is 5.94. The molecule has 0 spiro atoms. The van der Waals surface area contributed by atoms with Crippen LogP contribution in [-0.2, 0) is 11.3 Å². The number of carbonyl (C=O) groups is 1. The maximum Gasteiger partial charge on any atom is 0.221 e. The number of hydrogen-bond donors (Lipinski definition) is 2. The van der Waals surface area contributed by atoms with Crippen molar-refractivity contribution in [2.75, 3.05) is 13.6 Å². The van der Waals surface area contributed by atoms with Crippen molar-refractivity contribution in [1.82, 2.24) is 15.6 Å². The van der Waals surface area contributed by atoms with Gasteiger partial charge in [-0.25, -0.2) is 0 Å². The first kappa shape index (κ1) is 13.6. The molecule has 0 bridgehead atoms. The summed E-state index contributed by atoms with van der Waals surface area (Å²) in [5.41, 5.74) is 0.931. The molecule has 0 fully saturated rings. The highest BCUT2D eigenvalue weighted by molar-refractivity contribution is 9.11. The Labute approximate surface area is 111 Å². The molecule has 0 atom stereocenters. The van der Waals surface area contributed by atoms with E-state index in [4.69, 9.17) is 0 Å². The lowest BCUT2D eigenvalue weighted by Gasteiger charge is -2.05. The van der Waals surface area contributed by atoms with Gasteiger partial charge in [-0.15, -0.1) is 0 Å². The van der Waals surface area contributed by atoms with E-state index in [0.29, 0.717) is 19.5 Å². The van der Waals surface area contributed by atoms with Gasteiger partial charge in [0.05, 0.1) is 5.69 Å². The van der Waals surface area contributed by atoms with Gasteiger partial charge in [-0.2, -0.15) is 0 Å². The summed E-state index contributed by atoms with van der Waals surface area (Å²) in [7, 11) is 1.63. The van der Waals surface area contributed by atoms with Crippen LogP contribution in [0.25, 0.3) is 0 Å². The van der Waals surface area contributed by atoms with Gasteiger partial charge in [0.25, 0.3) is 0 Å². The average Bonchev–Trinajstić information content (AvgIpc) is 2.26. The third-order valence-electron chi connectivity index (χ3n) is 1.98. The van der Waals surface area contributed by atoms with Crippen LogP contribution in [0.15, 0.2) is 21.2 Å². The SMILES string of the molecule is CNC(=O)CCNCc1ncc(Br)cc1Br. The van der Waals surface area contributed by atoms with E-state index in [2.05, 4.69) is 47.5 Å². The Morgan fingerprint density at radius 2 is 2.25 bits per heavy atom. The fourth-order valence-corrected chi connectivity index (χ4v) is 2.23. The lowest BCUT2D eigenvalue weighted by atomic mass is 10.3. The highest BCUT2D eigenvalue weighted by Gasteiger charge is 2.02. The molecule has 0 aliphatic heterocycles. The van der Waals surface area contributed by atoms with E-state index in [1.165, 1.54) is 0 Å². The van der Waals surface area contributed by atoms with Crippen molar-refractivity contribution in [3.8, 4) is 0 Å². The molecular formula is C10H13Br2N3O.